The van der Waals surface area contributed by atoms with E-state index in [2.05, 4.69) is 28.3 Å². The third-order valence-corrected chi connectivity index (χ3v) is 5.35. The van der Waals surface area contributed by atoms with Crippen LogP contribution in [-0.2, 0) is 0 Å². The molecule has 0 aliphatic rings. The first-order chi connectivity index (χ1) is 12.9. The zero-order valence-electron chi connectivity index (χ0n) is 15.8. The van der Waals surface area contributed by atoms with Crippen LogP contribution < -0.4 is 0 Å². The van der Waals surface area contributed by atoms with E-state index in [4.69, 9.17) is 8.53 Å². The maximum atomic E-state index is 7.56. The Morgan fingerprint density at radius 3 is 3.00 bits per heavy atom. The van der Waals surface area contributed by atoms with Crippen molar-refractivity contribution in [3.63, 3.8) is 0 Å². The molecular weight excluding hydrogens is 316 g/mol. The Bertz CT molecular complexity index is 1330. The molecule has 0 unspecified atom stereocenters. The van der Waals surface area contributed by atoms with E-state index >= 15 is 0 Å². The molecule has 0 aliphatic carbocycles. The number of hydrogen-bond acceptors (Lipinski definition) is 4. The van der Waals surface area contributed by atoms with Gasteiger partial charge in [-0.15, -0.1) is 11.3 Å². The summed E-state index contributed by atoms with van der Waals surface area (Å²) in [4.78, 5) is 8.83. The molecule has 0 aliphatic heterocycles. The lowest BCUT2D eigenvalue weighted by molar-refractivity contribution is 0.653. The van der Waals surface area contributed by atoms with E-state index in [9.17, 15) is 0 Å². The average molecular weight is 333 g/mol. The molecule has 0 atom stereocenters. The van der Waals surface area contributed by atoms with Crippen LogP contribution in [0, 0.1) is 13.8 Å². The number of pyridine rings is 2. The largest absolute Gasteiger partial charge is 0.437 e. The van der Waals surface area contributed by atoms with E-state index in [1.54, 1.807) is 17.4 Å². The third kappa shape index (κ3) is 1.90. The molecular formula is C20H14N2OS. The van der Waals surface area contributed by atoms with Gasteiger partial charge in [0, 0.05) is 32.3 Å². The summed E-state index contributed by atoms with van der Waals surface area (Å²) in [7, 11) is 0. The summed E-state index contributed by atoms with van der Waals surface area (Å²) in [6.45, 7) is -0.177. The maximum absolute atomic E-state index is 7.56. The van der Waals surface area contributed by atoms with Crippen molar-refractivity contribution >= 4 is 43.5 Å². The van der Waals surface area contributed by atoms with Crippen molar-refractivity contribution in [3.05, 3.63) is 59.2 Å². The topological polar surface area (TPSA) is 38.9 Å². The monoisotopic (exact) mass is 333 g/mol. The molecule has 1 aromatic carbocycles. The fraction of sp³-hybridized carbons (Fsp3) is 0.100. The number of benzene rings is 1. The first kappa shape index (κ1) is 10.9. The van der Waals surface area contributed by atoms with Crippen LogP contribution in [0.2, 0.25) is 0 Å². The second kappa shape index (κ2) is 4.89. The zero-order valence-corrected chi connectivity index (χ0v) is 13.6. The Balaban J connectivity index is 1.77. The molecule has 0 spiro atoms. The van der Waals surface area contributed by atoms with Crippen LogP contribution in [0.15, 0.2) is 52.4 Å². The number of rotatable bonds is 1. The van der Waals surface area contributed by atoms with Crippen LogP contribution in [0.4, 0.5) is 0 Å². The Kier molecular flexibility index (Phi) is 2.23. The Labute approximate surface area is 146 Å². The molecule has 5 rings (SSSR count). The summed E-state index contributed by atoms with van der Waals surface area (Å²) in [5.74, 6) is 0. The first-order valence-corrected chi connectivity index (χ1v) is 8.47. The molecule has 0 fully saturated rings. The molecule has 0 radical (unpaired) electrons. The van der Waals surface area contributed by atoms with Crippen molar-refractivity contribution in [2.45, 2.75) is 13.8 Å². The summed E-state index contributed by atoms with van der Waals surface area (Å²) in [5.41, 5.74) is 3.95. The summed E-state index contributed by atoms with van der Waals surface area (Å²) in [6, 6.07) is 11.2. The summed E-state index contributed by atoms with van der Waals surface area (Å²) in [6.07, 6.45) is 1.88. The van der Waals surface area contributed by atoms with Crippen molar-refractivity contribution < 1.29 is 8.53 Å². The Morgan fingerprint density at radius 1 is 1.12 bits per heavy atom. The van der Waals surface area contributed by atoms with E-state index in [1.807, 2.05) is 24.4 Å². The lowest BCUT2D eigenvalue weighted by Gasteiger charge is -2.02. The second-order valence-corrected chi connectivity index (χ2v) is 6.73. The molecule has 4 heteroatoms. The van der Waals surface area contributed by atoms with Gasteiger partial charge in [0.25, 0.3) is 0 Å². The predicted octanol–water partition coefficient (Wildman–Crippen LogP) is 5.87. The molecule has 116 valence electrons. The van der Waals surface area contributed by atoms with Crippen LogP contribution in [0.25, 0.3) is 43.4 Å². The molecule has 0 N–H and O–H groups in total. The molecule has 4 heterocycles. The van der Waals surface area contributed by atoms with E-state index in [0.29, 0.717) is 11.3 Å². The molecule has 24 heavy (non-hydrogen) atoms. The zero-order chi connectivity index (χ0) is 18.8. The number of nitrogens with zero attached hydrogens (tertiary/aromatic N) is 2. The van der Waals surface area contributed by atoms with Crippen LogP contribution in [0.5, 0.6) is 0 Å². The van der Waals surface area contributed by atoms with Gasteiger partial charge in [0.05, 0.1) is 10.4 Å². The number of aryl methyl sites for hydroxylation is 2. The van der Waals surface area contributed by atoms with E-state index < -0.39 is 6.85 Å². The summed E-state index contributed by atoms with van der Waals surface area (Å²) in [5, 5.41) is 5.00. The van der Waals surface area contributed by atoms with Crippen LogP contribution in [0.3, 0.4) is 0 Å². The number of para-hydroxylation sites is 1. The standard InChI is InChI=1S/C20H14N2OS/c1-11-10-24-18-9-21-17(8-16(11)18)15-5-3-4-13-14-7-6-12(2)22-20(14)23-19(13)15/h3-10H,1-2H3/i2D3. The average Bonchev–Trinajstić information content (AvgIpc) is 3.20. The molecule has 5 aromatic rings. The van der Waals surface area contributed by atoms with Crippen molar-refractivity contribution in [3.8, 4) is 11.3 Å². The molecule has 0 amide bonds. The van der Waals surface area contributed by atoms with Crippen molar-refractivity contribution in [2.24, 2.45) is 0 Å². The summed E-state index contributed by atoms with van der Waals surface area (Å²) >= 11 is 1.68. The highest BCUT2D eigenvalue weighted by Crippen LogP contribution is 2.36. The highest BCUT2D eigenvalue weighted by atomic mass is 32.1. The molecule has 4 aromatic heterocycles. The van der Waals surface area contributed by atoms with Crippen molar-refractivity contribution in [2.75, 3.05) is 0 Å². The third-order valence-electron chi connectivity index (χ3n) is 4.30. The van der Waals surface area contributed by atoms with E-state index in [-0.39, 0.29) is 5.69 Å². The van der Waals surface area contributed by atoms with Gasteiger partial charge in [-0.3, -0.25) is 4.98 Å². The van der Waals surface area contributed by atoms with Crippen molar-refractivity contribution in [1.82, 2.24) is 9.97 Å². The Morgan fingerprint density at radius 2 is 2.08 bits per heavy atom. The number of fused-ring (bicyclic) bond motifs is 4. The highest BCUT2D eigenvalue weighted by Gasteiger charge is 2.14. The molecule has 0 bridgehead atoms. The minimum Gasteiger partial charge on any atom is -0.437 e. The number of thiophene rings is 1. The van der Waals surface area contributed by atoms with E-state index in [1.165, 1.54) is 17.0 Å². The first-order valence-electron chi connectivity index (χ1n) is 9.09. The van der Waals surface area contributed by atoms with Gasteiger partial charge in [0.2, 0.25) is 5.71 Å². The smallest absolute Gasteiger partial charge is 0.227 e. The van der Waals surface area contributed by atoms with Gasteiger partial charge in [0.15, 0.2) is 0 Å². The van der Waals surface area contributed by atoms with Gasteiger partial charge in [-0.25, -0.2) is 4.98 Å². The second-order valence-electron chi connectivity index (χ2n) is 5.82. The number of furan rings is 1. The summed E-state index contributed by atoms with van der Waals surface area (Å²) < 4.78 is 29.8. The van der Waals surface area contributed by atoms with Gasteiger partial charge in [-0.1, -0.05) is 12.1 Å². The van der Waals surface area contributed by atoms with Gasteiger partial charge < -0.3 is 4.42 Å². The Hall–Kier alpha value is -2.72. The van der Waals surface area contributed by atoms with Gasteiger partial charge in [-0.2, -0.15) is 0 Å². The number of hydrogen-bond donors (Lipinski definition) is 0. The normalized spacial score (nSPS) is 14.1. The minimum absolute atomic E-state index is 0.0315. The minimum atomic E-state index is -2.26. The number of aromatic nitrogens is 2. The van der Waals surface area contributed by atoms with Crippen LogP contribution in [-0.4, -0.2) is 9.97 Å². The van der Waals surface area contributed by atoms with Crippen LogP contribution >= 0.6 is 11.3 Å². The highest BCUT2D eigenvalue weighted by molar-refractivity contribution is 7.17. The van der Waals surface area contributed by atoms with Crippen LogP contribution in [0.1, 0.15) is 15.4 Å². The fourth-order valence-electron chi connectivity index (χ4n) is 3.09. The predicted molar refractivity (Wildman–Crippen MR) is 99.6 cm³/mol. The SMILES string of the molecule is [2H]C([2H])([2H])c1ccc2c(n1)oc1c(-c3cc4c(C)csc4cn3)cccc12. The molecule has 3 nitrogen and oxygen atoms in total. The lowest BCUT2D eigenvalue weighted by Crippen LogP contribution is -1.84. The maximum Gasteiger partial charge on any atom is 0.227 e. The van der Waals surface area contributed by atoms with Gasteiger partial charge in [-0.05, 0) is 54.4 Å². The van der Waals surface area contributed by atoms with E-state index in [0.717, 1.165) is 26.7 Å². The fourth-order valence-corrected chi connectivity index (χ4v) is 3.98. The molecule has 0 saturated heterocycles. The van der Waals surface area contributed by atoms with Crippen molar-refractivity contribution in [1.29, 1.82) is 0 Å². The van der Waals surface area contributed by atoms with Gasteiger partial charge in [0.1, 0.15) is 5.58 Å². The molecule has 0 saturated carbocycles. The van der Waals surface area contributed by atoms with Gasteiger partial charge >= 0.3 is 0 Å². The quantitative estimate of drug-likeness (QED) is 0.385. The lowest BCUT2D eigenvalue weighted by atomic mass is 10.1.